The molecule has 2 aliphatic heterocycles. The van der Waals surface area contributed by atoms with Crippen molar-refractivity contribution in [3.05, 3.63) is 35.9 Å². The Bertz CT molecular complexity index is 726. The molecule has 0 bridgehead atoms. The molecule has 2 saturated heterocycles. The summed E-state index contributed by atoms with van der Waals surface area (Å²) in [5.74, 6) is -1.34. The van der Waals surface area contributed by atoms with Gasteiger partial charge in [-0.3, -0.25) is 4.79 Å². The van der Waals surface area contributed by atoms with Crippen LogP contribution in [0.3, 0.4) is 0 Å². The highest BCUT2D eigenvalue weighted by Crippen LogP contribution is 2.47. The maximum Gasteiger partial charge on any atom is 0.272 e. The zero-order valence-electron chi connectivity index (χ0n) is 15.4. The third-order valence-electron chi connectivity index (χ3n) is 5.15. The number of nitrogens with one attached hydrogen (secondary N) is 1. The molecular weight excluding hydrogens is 429 g/mol. The van der Waals surface area contributed by atoms with E-state index in [4.69, 9.17) is 53.8 Å². The van der Waals surface area contributed by atoms with E-state index >= 15 is 0 Å². The molecule has 1 amide bonds. The van der Waals surface area contributed by atoms with Crippen LogP contribution in [0.1, 0.15) is 25.8 Å². The zero-order valence-corrected chi connectivity index (χ0v) is 17.7. The molecule has 3 aliphatic rings. The molecule has 0 aromatic heterocycles. The largest absolute Gasteiger partial charge is 0.368 e. The van der Waals surface area contributed by atoms with Crippen LogP contribution in [0, 0.1) is 5.92 Å². The van der Waals surface area contributed by atoms with Crippen molar-refractivity contribution in [3.63, 3.8) is 0 Å². The van der Waals surface area contributed by atoms with E-state index in [0.29, 0.717) is 13.0 Å². The quantitative estimate of drug-likeness (QED) is 0.697. The number of rotatable bonds is 5. The van der Waals surface area contributed by atoms with Crippen molar-refractivity contribution >= 4 is 40.7 Å². The molecular formula is C19H22Cl3NO5. The molecule has 1 N–H and O–H groups in total. The molecule has 28 heavy (non-hydrogen) atoms. The molecule has 3 fully saturated rings. The van der Waals surface area contributed by atoms with Crippen molar-refractivity contribution in [3.8, 4) is 0 Å². The van der Waals surface area contributed by atoms with Crippen LogP contribution in [0.4, 0.5) is 0 Å². The van der Waals surface area contributed by atoms with Crippen LogP contribution in [0.5, 0.6) is 0 Å². The second kappa shape index (κ2) is 7.58. The number of alkyl halides is 3. The number of carbonyl (C=O) groups is 1. The highest BCUT2D eigenvalue weighted by molar-refractivity contribution is 6.76. The summed E-state index contributed by atoms with van der Waals surface area (Å²) in [5, 5.41) is 2.75. The summed E-state index contributed by atoms with van der Waals surface area (Å²) in [6.45, 7) is 4.12. The predicted molar refractivity (Wildman–Crippen MR) is 104 cm³/mol. The van der Waals surface area contributed by atoms with Crippen LogP contribution < -0.4 is 5.32 Å². The van der Waals surface area contributed by atoms with Gasteiger partial charge in [-0.05, 0) is 25.8 Å². The first-order chi connectivity index (χ1) is 13.1. The lowest BCUT2D eigenvalue weighted by Crippen LogP contribution is -2.41. The van der Waals surface area contributed by atoms with E-state index in [1.807, 2.05) is 44.2 Å². The molecule has 0 unspecified atom stereocenters. The lowest BCUT2D eigenvalue weighted by Gasteiger charge is -2.26. The number of ether oxygens (including phenoxy) is 4. The van der Waals surface area contributed by atoms with Gasteiger partial charge >= 0.3 is 0 Å². The molecule has 1 aliphatic carbocycles. The Kier molecular flexibility index (Phi) is 5.59. The first-order valence-corrected chi connectivity index (χ1v) is 10.3. The Balaban J connectivity index is 1.43. The highest BCUT2D eigenvalue weighted by Gasteiger charge is 2.61. The van der Waals surface area contributed by atoms with Gasteiger partial charge in [-0.25, -0.2) is 0 Å². The first-order valence-electron chi connectivity index (χ1n) is 9.18. The molecule has 2 heterocycles. The lowest BCUT2D eigenvalue weighted by molar-refractivity contribution is -0.221. The van der Waals surface area contributed by atoms with Crippen molar-refractivity contribution in [2.24, 2.45) is 5.92 Å². The summed E-state index contributed by atoms with van der Waals surface area (Å²) < 4.78 is 22.2. The van der Waals surface area contributed by atoms with Gasteiger partial charge in [0.1, 0.15) is 12.2 Å². The fourth-order valence-corrected chi connectivity index (χ4v) is 3.96. The monoisotopic (exact) mass is 449 g/mol. The van der Waals surface area contributed by atoms with E-state index in [1.165, 1.54) is 0 Å². The van der Waals surface area contributed by atoms with Gasteiger partial charge in [0.05, 0.1) is 12.7 Å². The van der Waals surface area contributed by atoms with Gasteiger partial charge in [-0.15, -0.1) is 0 Å². The number of halogens is 3. The standard InChI is InChI=1S/C19H22Cl3NO5/c1-18(2)27-15-14(25-9-10-6-4-3-5-7-10)13(26-16(15)28-18)11-8-12(11)23-17(24)19(20,21)22/h3-7,11-16H,8-9H2,1-2H3,(H,23,24)/t11-,12-,13-,14+,15-,16-/m1/s1. The summed E-state index contributed by atoms with van der Waals surface area (Å²) in [6.07, 6.45) is -0.743. The van der Waals surface area contributed by atoms with Gasteiger partial charge in [0.25, 0.3) is 9.70 Å². The van der Waals surface area contributed by atoms with Crippen LogP contribution >= 0.6 is 34.8 Å². The van der Waals surface area contributed by atoms with Crippen molar-refractivity contribution in [1.82, 2.24) is 5.32 Å². The third kappa shape index (κ3) is 4.43. The topological polar surface area (TPSA) is 66.0 Å². The van der Waals surface area contributed by atoms with Crippen LogP contribution in [-0.2, 0) is 30.3 Å². The molecule has 9 heteroatoms. The molecule has 6 nitrogen and oxygen atoms in total. The second-order valence-corrected chi connectivity index (χ2v) is 10.1. The fourth-order valence-electron chi connectivity index (χ4n) is 3.80. The minimum absolute atomic E-state index is 0.0398. The number of hydrogen-bond acceptors (Lipinski definition) is 5. The average molecular weight is 451 g/mol. The Morgan fingerprint density at radius 2 is 1.93 bits per heavy atom. The molecule has 1 saturated carbocycles. The van der Waals surface area contributed by atoms with Crippen LogP contribution in [0.15, 0.2) is 30.3 Å². The Morgan fingerprint density at radius 3 is 2.61 bits per heavy atom. The van der Waals surface area contributed by atoms with Crippen molar-refractivity contribution in [2.45, 2.75) is 67.1 Å². The Labute approximate surface area is 178 Å². The highest BCUT2D eigenvalue weighted by atomic mass is 35.6. The van der Waals surface area contributed by atoms with E-state index in [1.54, 1.807) is 0 Å². The van der Waals surface area contributed by atoms with Gasteiger partial charge in [-0.1, -0.05) is 65.1 Å². The van der Waals surface area contributed by atoms with Crippen molar-refractivity contribution in [2.75, 3.05) is 0 Å². The molecule has 154 valence electrons. The Morgan fingerprint density at radius 1 is 1.21 bits per heavy atom. The lowest BCUT2D eigenvalue weighted by atomic mass is 10.1. The van der Waals surface area contributed by atoms with Crippen LogP contribution in [-0.4, -0.2) is 46.1 Å². The summed E-state index contributed by atoms with van der Waals surface area (Å²) >= 11 is 16.9. The minimum atomic E-state index is -1.99. The fraction of sp³-hybridized carbons (Fsp3) is 0.632. The second-order valence-electron chi connectivity index (χ2n) is 7.81. The molecule has 4 rings (SSSR count). The van der Waals surface area contributed by atoms with Gasteiger partial charge in [-0.2, -0.15) is 0 Å². The van der Waals surface area contributed by atoms with E-state index in [0.717, 1.165) is 5.56 Å². The zero-order chi connectivity index (χ0) is 20.1. The summed E-state index contributed by atoms with van der Waals surface area (Å²) in [4.78, 5) is 11.9. The van der Waals surface area contributed by atoms with Crippen molar-refractivity contribution in [1.29, 1.82) is 0 Å². The third-order valence-corrected chi connectivity index (χ3v) is 5.66. The van der Waals surface area contributed by atoms with Crippen molar-refractivity contribution < 1.29 is 23.7 Å². The summed E-state index contributed by atoms with van der Waals surface area (Å²) in [6, 6.07) is 9.75. The number of benzene rings is 1. The van der Waals surface area contributed by atoms with Gasteiger partial charge in [0.15, 0.2) is 12.1 Å². The molecule has 1 aromatic carbocycles. The van der Waals surface area contributed by atoms with Crippen LogP contribution in [0.25, 0.3) is 0 Å². The van der Waals surface area contributed by atoms with Gasteiger partial charge in [0, 0.05) is 12.0 Å². The maximum absolute atomic E-state index is 11.9. The van der Waals surface area contributed by atoms with E-state index in [9.17, 15) is 4.79 Å². The van der Waals surface area contributed by atoms with Crippen LogP contribution in [0.2, 0.25) is 0 Å². The van der Waals surface area contributed by atoms with Gasteiger partial charge < -0.3 is 24.3 Å². The van der Waals surface area contributed by atoms with E-state index < -0.39 is 21.8 Å². The Hall–Kier alpha value is -0.600. The average Bonchev–Trinajstić information content (AvgIpc) is 3.19. The summed E-state index contributed by atoms with van der Waals surface area (Å²) in [5.41, 5.74) is 1.06. The first kappa shape index (κ1) is 20.7. The predicted octanol–water partition coefficient (Wildman–Crippen LogP) is 3.32. The SMILES string of the molecule is CC1(C)O[C@H]2O[C@H]([C@@H]3C[C@H]3NC(=O)C(Cl)(Cl)Cl)[C@H](OCc3ccccc3)[C@H]2O1. The number of fused-ring (bicyclic) bond motifs is 1. The maximum atomic E-state index is 11.9. The normalized spacial score (nSPS) is 36.2. The van der Waals surface area contributed by atoms with E-state index in [2.05, 4.69) is 5.32 Å². The number of amides is 1. The number of carbonyl (C=O) groups excluding carboxylic acids is 1. The number of hydrogen-bond donors (Lipinski definition) is 1. The molecule has 6 atom stereocenters. The summed E-state index contributed by atoms with van der Waals surface area (Å²) in [7, 11) is 0. The smallest absolute Gasteiger partial charge is 0.272 e. The van der Waals surface area contributed by atoms with E-state index in [-0.39, 0.29) is 30.3 Å². The molecule has 0 radical (unpaired) electrons. The molecule has 1 aromatic rings. The molecule has 0 spiro atoms. The minimum Gasteiger partial charge on any atom is -0.368 e. The van der Waals surface area contributed by atoms with Gasteiger partial charge in [0.2, 0.25) is 0 Å².